The van der Waals surface area contributed by atoms with E-state index in [-0.39, 0.29) is 31.0 Å². The topological polar surface area (TPSA) is 136 Å². The van der Waals surface area contributed by atoms with Crippen LogP contribution in [0.5, 0.6) is 0 Å². The first kappa shape index (κ1) is 31.6. The summed E-state index contributed by atoms with van der Waals surface area (Å²) in [4.78, 5) is 36.7. The number of hydrogen-bond acceptors (Lipinski definition) is 8. The molecule has 37 heavy (non-hydrogen) atoms. The van der Waals surface area contributed by atoms with Gasteiger partial charge in [-0.2, -0.15) is 11.8 Å². The molecule has 0 spiro atoms. The molecule has 0 bridgehead atoms. The van der Waals surface area contributed by atoms with E-state index in [9.17, 15) is 14.4 Å². The number of fused-ring (bicyclic) bond motifs is 1. The predicted octanol–water partition coefficient (Wildman–Crippen LogP) is 1.88. The molecular weight excluding hydrogens is 502 g/mol. The largest absolute Gasteiger partial charge is 0.481 e. The Labute approximate surface area is 224 Å². The first-order valence-electron chi connectivity index (χ1n) is 13.5. The molecule has 12 heteroatoms. The number of ether oxygens (including phenoxy) is 4. The maximum Gasteiger partial charge on any atom is 0.318 e. The number of nitrogens with zero attached hydrogens (tertiary/aromatic N) is 1. The average Bonchev–Trinajstić information content (AvgIpc) is 3.40. The van der Waals surface area contributed by atoms with Crippen molar-refractivity contribution in [3.63, 3.8) is 0 Å². The van der Waals surface area contributed by atoms with E-state index in [1.54, 1.807) is 0 Å². The summed E-state index contributed by atoms with van der Waals surface area (Å²) < 4.78 is 21.3. The molecule has 3 N–H and O–H groups in total. The molecule has 0 aromatic carbocycles. The Hall–Kier alpha value is -1.60. The zero-order valence-corrected chi connectivity index (χ0v) is 22.9. The number of carbonyl (C=O) groups is 3. The summed E-state index contributed by atoms with van der Waals surface area (Å²) in [5.74, 6) is 0.150. The van der Waals surface area contributed by atoms with Gasteiger partial charge in [-0.05, 0) is 19.3 Å². The fourth-order valence-electron chi connectivity index (χ4n) is 4.34. The smallest absolute Gasteiger partial charge is 0.318 e. The lowest BCUT2D eigenvalue weighted by Crippen LogP contribution is -2.41. The lowest BCUT2D eigenvalue weighted by Gasteiger charge is -2.27. The van der Waals surface area contributed by atoms with Crippen LogP contribution in [0, 0.1) is 0 Å². The lowest BCUT2D eigenvalue weighted by atomic mass is 10.0. The number of nitrogens with one attached hydrogen (secondary N) is 2. The van der Waals surface area contributed by atoms with Crippen LogP contribution in [0.15, 0.2) is 0 Å². The normalized spacial score (nSPS) is 20.7. The molecule has 0 radical (unpaired) electrons. The maximum atomic E-state index is 12.3. The Morgan fingerprint density at radius 2 is 1.62 bits per heavy atom. The van der Waals surface area contributed by atoms with Gasteiger partial charge in [0.05, 0.1) is 71.4 Å². The maximum absolute atomic E-state index is 12.3. The first-order chi connectivity index (χ1) is 18.0. The van der Waals surface area contributed by atoms with Crippen molar-refractivity contribution in [1.29, 1.82) is 0 Å². The number of carboxylic acid groups (broad SMARTS) is 1. The van der Waals surface area contributed by atoms with Gasteiger partial charge in [0.25, 0.3) is 0 Å². The summed E-state index contributed by atoms with van der Waals surface area (Å²) >= 11 is 1.95. The highest BCUT2D eigenvalue weighted by atomic mass is 32.2. The number of thioether (sulfide) groups is 1. The molecule has 2 aliphatic rings. The van der Waals surface area contributed by atoms with E-state index in [1.165, 1.54) is 0 Å². The van der Waals surface area contributed by atoms with E-state index in [1.807, 2.05) is 16.7 Å². The van der Waals surface area contributed by atoms with Gasteiger partial charge < -0.3 is 39.6 Å². The summed E-state index contributed by atoms with van der Waals surface area (Å²) in [5.41, 5.74) is 0. The van der Waals surface area contributed by atoms with Gasteiger partial charge in [0, 0.05) is 30.5 Å². The fraction of sp³-hybridized carbons (Fsp3) is 0.880. The van der Waals surface area contributed by atoms with Gasteiger partial charge in [0.1, 0.15) is 0 Å². The quantitative estimate of drug-likeness (QED) is 0.129. The van der Waals surface area contributed by atoms with E-state index >= 15 is 0 Å². The highest BCUT2D eigenvalue weighted by Crippen LogP contribution is 2.37. The molecule has 0 aliphatic carbocycles. The third kappa shape index (κ3) is 13.2. The molecule has 2 fully saturated rings. The van der Waals surface area contributed by atoms with Gasteiger partial charge in [-0.15, -0.1) is 0 Å². The van der Waals surface area contributed by atoms with Crippen LogP contribution in [0.4, 0.5) is 4.79 Å². The van der Waals surface area contributed by atoms with Crippen molar-refractivity contribution in [2.75, 3.05) is 71.7 Å². The summed E-state index contributed by atoms with van der Waals surface area (Å²) in [6.07, 6.45) is 5.49. The van der Waals surface area contributed by atoms with Gasteiger partial charge in [0.2, 0.25) is 5.91 Å². The minimum absolute atomic E-state index is 0.00537. The number of urea groups is 1. The third-order valence-corrected chi connectivity index (χ3v) is 7.75. The monoisotopic (exact) mass is 547 g/mol. The summed E-state index contributed by atoms with van der Waals surface area (Å²) in [5, 5.41) is 15.0. The van der Waals surface area contributed by atoms with E-state index < -0.39 is 5.97 Å². The van der Waals surface area contributed by atoms with Crippen LogP contribution < -0.4 is 10.6 Å². The van der Waals surface area contributed by atoms with Crippen molar-refractivity contribution in [2.24, 2.45) is 0 Å². The minimum atomic E-state index is -0.876. The molecular formula is C25H45N3O8S. The second-order valence-electron chi connectivity index (χ2n) is 9.15. The standard InChI is InChI=1S/C25H45N3O8S/c1-2-3-10-28-24-20(27-25(28)32)19-37-21(24)6-4-5-7-22(29)26-9-12-34-14-16-36-18-17-35-15-13-33-11-8-23(30)31/h20-21,24H,2-19H2,1H3,(H,26,29)(H,27,32)(H,30,31)/t20-,21-,24-/m0/s1. The molecule has 11 nitrogen and oxygen atoms in total. The molecule has 0 unspecified atom stereocenters. The number of carbonyl (C=O) groups excluding carboxylic acids is 2. The van der Waals surface area contributed by atoms with Crippen LogP contribution in [0.3, 0.4) is 0 Å². The molecule has 0 aromatic rings. The van der Waals surface area contributed by atoms with Crippen LogP contribution in [0.25, 0.3) is 0 Å². The van der Waals surface area contributed by atoms with E-state index in [4.69, 9.17) is 24.1 Å². The van der Waals surface area contributed by atoms with Gasteiger partial charge in [-0.25, -0.2) is 4.79 Å². The summed E-state index contributed by atoms with van der Waals surface area (Å²) in [6, 6.07) is 0.650. The number of carboxylic acids is 1. The Morgan fingerprint density at radius 1 is 0.973 bits per heavy atom. The summed E-state index contributed by atoms with van der Waals surface area (Å²) in [6.45, 7) is 6.62. The van der Waals surface area contributed by atoms with Crippen LogP contribution in [-0.4, -0.2) is 117 Å². The van der Waals surface area contributed by atoms with E-state index in [2.05, 4.69) is 17.6 Å². The van der Waals surface area contributed by atoms with Gasteiger partial charge in [-0.1, -0.05) is 19.8 Å². The summed E-state index contributed by atoms with van der Waals surface area (Å²) in [7, 11) is 0. The molecule has 214 valence electrons. The Balaban J connectivity index is 1.36. The van der Waals surface area contributed by atoms with Gasteiger partial charge in [0.15, 0.2) is 0 Å². The second-order valence-corrected chi connectivity index (χ2v) is 10.4. The fourth-order valence-corrected chi connectivity index (χ4v) is 5.94. The number of amides is 3. The number of rotatable bonds is 23. The van der Waals surface area contributed by atoms with Gasteiger partial charge in [-0.3, -0.25) is 9.59 Å². The predicted molar refractivity (Wildman–Crippen MR) is 141 cm³/mol. The zero-order chi connectivity index (χ0) is 26.7. The molecule has 2 heterocycles. The third-order valence-electron chi connectivity index (χ3n) is 6.25. The molecule has 2 aliphatic heterocycles. The first-order valence-corrected chi connectivity index (χ1v) is 14.6. The highest BCUT2D eigenvalue weighted by Gasteiger charge is 2.47. The van der Waals surface area contributed by atoms with E-state index in [0.29, 0.717) is 70.5 Å². The van der Waals surface area contributed by atoms with Crippen molar-refractivity contribution in [3.05, 3.63) is 0 Å². The molecule has 2 saturated heterocycles. The van der Waals surface area contributed by atoms with Crippen molar-refractivity contribution >= 4 is 29.7 Å². The molecule has 3 amide bonds. The van der Waals surface area contributed by atoms with Crippen LogP contribution in [-0.2, 0) is 28.5 Å². The van der Waals surface area contributed by atoms with Crippen LogP contribution in [0.2, 0.25) is 0 Å². The van der Waals surface area contributed by atoms with Crippen LogP contribution in [0.1, 0.15) is 51.9 Å². The SMILES string of the molecule is CCCCN1C(=O)N[C@H]2CS[C@@H](CCCCC(=O)NCCOCCOCCOCCOCCC(=O)O)[C@H]21. The molecule has 2 rings (SSSR count). The van der Waals surface area contributed by atoms with Crippen molar-refractivity contribution in [2.45, 2.75) is 69.2 Å². The van der Waals surface area contributed by atoms with Crippen molar-refractivity contribution in [1.82, 2.24) is 15.5 Å². The van der Waals surface area contributed by atoms with Gasteiger partial charge >= 0.3 is 12.0 Å². The number of unbranched alkanes of at least 4 members (excludes halogenated alkanes) is 2. The van der Waals surface area contributed by atoms with Crippen molar-refractivity contribution < 1.29 is 38.4 Å². The number of hydrogen-bond donors (Lipinski definition) is 3. The van der Waals surface area contributed by atoms with Crippen LogP contribution >= 0.6 is 11.8 Å². The van der Waals surface area contributed by atoms with Crippen molar-refractivity contribution in [3.8, 4) is 0 Å². The highest BCUT2D eigenvalue weighted by molar-refractivity contribution is 8.00. The van der Waals surface area contributed by atoms with E-state index in [0.717, 1.165) is 44.4 Å². The second kappa shape index (κ2) is 19.5. The molecule has 3 atom stereocenters. The minimum Gasteiger partial charge on any atom is -0.481 e. The molecule has 0 aromatic heterocycles. The lowest BCUT2D eigenvalue weighted by molar-refractivity contribution is -0.138. The Bertz CT molecular complexity index is 672. The average molecular weight is 548 g/mol. The Morgan fingerprint density at radius 3 is 2.27 bits per heavy atom. The Kier molecular flexibility index (Phi) is 16.6. The zero-order valence-electron chi connectivity index (χ0n) is 22.1. The molecule has 0 saturated carbocycles. The number of aliphatic carboxylic acids is 1.